The highest BCUT2D eigenvalue weighted by molar-refractivity contribution is 5.85. The molecule has 2 aliphatic rings. The van der Waals surface area contributed by atoms with Gasteiger partial charge in [-0.1, -0.05) is 12.8 Å². The van der Waals surface area contributed by atoms with Crippen LogP contribution in [0.25, 0.3) is 11.2 Å². The molecule has 1 N–H and O–H groups in total. The fraction of sp³-hybridized carbons (Fsp3) is 0.586. The Kier molecular flexibility index (Phi) is 9.47. The number of methoxy groups -OCH3 is 1. The minimum atomic E-state index is -0.142. The van der Waals surface area contributed by atoms with E-state index in [2.05, 4.69) is 19.5 Å². The summed E-state index contributed by atoms with van der Waals surface area (Å²) in [5.41, 5.74) is 2.55. The highest BCUT2D eigenvalue weighted by Gasteiger charge is 2.24. The van der Waals surface area contributed by atoms with Crippen molar-refractivity contribution in [2.24, 2.45) is 0 Å². The van der Waals surface area contributed by atoms with Crippen LogP contribution in [0.2, 0.25) is 0 Å². The molecule has 3 aromatic rings. The Balaban J connectivity index is 1.23. The summed E-state index contributed by atoms with van der Waals surface area (Å²) >= 11 is 0. The molecule has 2 fully saturated rings. The molecular formula is C29H40N6O4. The number of piperidine rings is 1. The SMILES string of the molecule is COC(=O)CCCCCCOc1ccc(Nc2nc(N3CCCCC3)c3ncn(C4CCCCO4)c3n2)cc1. The number of esters is 1. The fourth-order valence-electron chi connectivity index (χ4n) is 5.22. The lowest BCUT2D eigenvalue weighted by atomic mass is 10.1. The van der Waals surface area contributed by atoms with Crippen LogP contribution in [0.4, 0.5) is 17.5 Å². The minimum absolute atomic E-state index is 0.0370. The van der Waals surface area contributed by atoms with Gasteiger partial charge < -0.3 is 24.4 Å². The van der Waals surface area contributed by atoms with Crippen molar-refractivity contribution in [2.75, 3.05) is 43.6 Å². The molecule has 1 atom stereocenters. The minimum Gasteiger partial charge on any atom is -0.494 e. The summed E-state index contributed by atoms with van der Waals surface area (Å²) in [6.45, 7) is 3.38. The number of aromatic nitrogens is 4. The number of ether oxygens (including phenoxy) is 3. The quantitative estimate of drug-likeness (QED) is 0.228. The van der Waals surface area contributed by atoms with Crippen molar-refractivity contribution in [1.29, 1.82) is 0 Å². The standard InChI is InChI=1S/C29H40N6O4/c1-37-25(36)12-5-2-3-9-19-38-23-15-13-22(14-16-23)31-29-32-27(34-17-7-4-8-18-34)26-28(33-29)35(21-30-26)24-11-6-10-20-39-24/h13-16,21,24H,2-12,17-20H2,1H3,(H,31,32,33). The van der Waals surface area contributed by atoms with Crippen molar-refractivity contribution in [3.8, 4) is 5.75 Å². The van der Waals surface area contributed by atoms with E-state index in [4.69, 9.17) is 24.4 Å². The van der Waals surface area contributed by atoms with Crippen LogP contribution in [0.1, 0.15) is 76.9 Å². The molecule has 1 unspecified atom stereocenters. The molecule has 2 aliphatic heterocycles. The molecule has 210 valence electrons. The van der Waals surface area contributed by atoms with Gasteiger partial charge in [0.1, 0.15) is 12.0 Å². The molecule has 10 nitrogen and oxygen atoms in total. The molecule has 10 heteroatoms. The first-order valence-electron chi connectivity index (χ1n) is 14.4. The Labute approximate surface area is 230 Å². The van der Waals surface area contributed by atoms with Gasteiger partial charge in [0.2, 0.25) is 5.95 Å². The summed E-state index contributed by atoms with van der Waals surface area (Å²) in [6, 6.07) is 7.90. The molecule has 39 heavy (non-hydrogen) atoms. The van der Waals surface area contributed by atoms with E-state index in [1.807, 2.05) is 30.6 Å². The second-order valence-corrected chi connectivity index (χ2v) is 10.3. The van der Waals surface area contributed by atoms with E-state index >= 15 is 0 Å². The van der Waals surface area contributed by atoms with Crippen molar-refractivity contribution >= 4 is 34.6 Å². The van der Waals surface area contributed by atoms with E-state index < -0.39 is 0 Å². The van der Waals surface area contributed by atoms with Crippen LogP contribution in [0.3, 0.4) is 0 Å². The molecule has 0 bridgehead atoms. The van der Waals surface area contributed by atoms with Gasteiger partial charge in [-0.3, -0.25) is 9.36 Å². The van der Waals surface area contributed by atoms with Crippen LogP contribution in [0.15, 0.2) is 30.6 Å². The zero-order valence-corrected chi connectivity index (χ0v) is 22.9. The predicted molar refractivity (Wildman–Crippen MR) is 151 cm³/mol. The van der Waals surface area contributed by atoms with Crippen LogP contribution >= 0.6 is 0 Å². The van der Waals surface area contributed by atoms with Gasteiger partial charge >= 0.3 is 5.97 Å². The molecule has 2 saturated heterocycles. The van der Waals surface area contributed by atoms with E-state index in [1.165, 1.54) is 13.5 Å². The van der Waals surface area contributed by atoms with Crippen LogP contribution in [0.5, 0.6) is 5.75 Å². The molecule has 0 saturated carbocycles. The third-order valence-electron chi connectivity index (χ3n) is 7.41. The Morgan fingerprint density at radius 2 is 1.85 bits per heavy atom. The molecule has 4 heterocycles. The summed E-state index contributed by atoms with van der Waals surface area (Å²) in [6.07, 6.45) is 12.9. The number of anilines is 3. The first kappa shape index (κ1) is 27.2. The zero-order chi connectivity index (χ0) is 26.9. The number of benzene rings is 1. The lowest BCUT2D eigenvalue weighted by Crippen LogP contribution is -2.30. The third-order valence-corrected chi connectivity index (χ3v) is 7.41. The third kappa shape index (κ3) is 7.17. The number of imidazole rings is 1. The van der Waals surface area contributed by atoms with Crippen LogP contribution in [0, 0.1) is 0 Å². The van der Waals surface area contributed by atoms with E-state index in [9.17, 15) is 4.79 Å². The molecule has 0 amide bonds. The fourth-order valence-corrected chi connectivity index (χ4v) is 5.22. The smallest absolute Gasteiger partial charge is 0.305 e. The molecule has 5 rings (SSSR count). The summed E-state index contributed by atoms with van der Waals surface area (Å²) in [5, 5.41) is 3.40. The number of carbonyl (C=O) groups is 1. The van der Waals surface area contributed by atoms with E-state index in [-0.39, 0.29) is 12.2 Å². The Morgan fingerprint density at radius 1 is 1.03 bits per heavy atom. The van der Waals surface area contributed by atoms with Gasteiger partial charge in [-0.25, -0.2) is 4.98 Å². The molecule has 0 aliphatic carbocycles. The maximum absolute atomic E-state index is 11.2. The van der Waals surface area contributed by atoms with Crippen molar-refractivity contribution in [1.82, 2.24) is 19.5 Å². The van der Waals surface area contributed by atoms with E-state index in [1.54, 1.807) is 0 Å². The number of carbonyl (C=O) groups excluding carboxylic acids is 1. The molecule has 2 aromatic heterocycles. The van der Waals surface area contributed by atoms with Gasteiger partial charge in [0.15, 0.2) is 17.0 Å². The summed E-state index contributed by atoms with van der Waals surface area (Å²) in [4.78, 5) is 28.1. The molecule has 1 aromatic carbocycles. The highest BCUT2D eigenvalue weighted by Crippen LogP contribution is 2.32. The van der Waals surface area contributed by atoms with Crippen molar-refractivity contribution in [2.45, 2.75) is 76.9 Å². The average Bonchev–Trinajstić information content (AvgIpc) is 3.42. The first-order valence-corrected chi connectivity index (χ1v) is 14.4. The van der Waals surface area contributed by atoms with Crippen LogP contribution < -0.4 is 15.0 Å². The molecule has 0 spiro atoms. The largest absolute Gasteiger partial charge is 0.494 e. The van der Waals surface area contributed by atoms with Crippen molar-refractivity contribution in [3.63, 3.8) is 0 Å². The van der Waals surface area contributed by atoms with Gasteiger partial charge in [0.25, 0.3) is 0 Å². The topological polar surface area (TPSA) is 104 Å². The van der Waals surface area contributed by atoms with Gasteiger partial charge in [-0.15, -0.1) is 0 Å². The number of nitrogens with one attached hydrogen (secondary N) is 1. The second-order valence-electron chi connectivity index (χ2n) is 10.3. The number of hydrogen-bond acceptors (Lipinski definition) is 9. The Morgan fingerprint density at radius 3 is 2.62 bits per heavy atom. The molecular weight excluding hydrogens is 496 g/mol. The van der Waals surface area contributed by atoms with Gasteiger partial charge in [0, 0.05) is 31.8 Å². The van der Waals surface area contributed by atoms with E-state index in [0.717, 1.165) is 106 Å². The van der Waals surface area contributed by atoms with Gasteiger partial charge in [0.05, 0.1) is 20.0 Å². The Hall–Kier alpha value is -3.40. The highest BCUT2D eigenvalue weighted by atomic mass is 16.5. The number of fused-ring (bicyclic) bond motifs is 1. The maximum atomic E-state index is 11.2. The predicted octanol–water partition coefficient (Wildman–Crippen LogP) is 5.76. The first-order chi connectivity index (χ1) is 19.2. The van der Waals surface area contributed by atoms with Gasteiger partial charge in [-0.05, 0) is 75.6 Å². The van der Waals surface area contributed by atoms with Crippen molar-refractivity contribution < 1.29 is 19.0 Å². The van der Waals surface area contributed by atoms with Crippen LogP contribution in [-0.2, 0) is 14.3 Å². The number of rotatable bonds is 12. The number of unbranched alkanes of at least 4 members (excludes halogenated alkanes) is 3. The Bertz CT molecular complexity index is 1200. The van der Waals surface area contributed by atoms with E-state index in [0.29, 0.717) is 19.0 Å². The maximum Gasteiger partial charge on any atom is 0.305 e. The average molecular weight is 537 g/mol. The summed E-state index contributed by atoms with van der Waals surface area (Å²) in [7, 11) is 1.43. The zero-order valence-electron chi connectivity index (χ0n) is 22.9. The van der Waals surface area contributed by atoms with Gasteiger partial charge in [-0.2, -0.15) is 9.97 Å². The lowest BCUT2D eigenvalue weighted by Gasteiger charge is -2.28. The lowest BCUT2D eigenvalue weighted by molar-refractivity contribution is -0.140. The van der Waals surface area contributed by atoms with Crippen molar-refractivity contribution in [3.05, 3.63) is 30.6 Å². The number of nitrogens with zero attached hydrogens (tertiary/aromatic N) is 5. The number of hydrogen-bond donors (Lipinski definition) is 1. The van der Waals surface area contributed by atoms with Crippen LogP contribution in [-0.4, -0.2) is 58.9 Å². The second kappa shape index (κ2) is 13.6. The monoisotopic (exact) mass is 536 g/mol. The summed E-state index contributed by atoms with van der Waals surface area (Å²) < 4.78 is 18.7. The molecule has 0 radical (unpaired) electrons. The summed E-state index contributed by atoms with van der Waals surface area (Å²) in [5.74, 6) is 2.13. The normalized spacial score (nSPS) is 17.8.